The van der Waals surface area contributed by atoms with Gasteiger partial charge in [0, 0.05) is 19.5 Å². The molecule has 0 fully saturated rings. The van der Waals surface area contributed by atoms with Crippen molar-refractivity contribution < 1.29 is 43.7 Å². The summed E-state index contributed by atoms with van der Waals surface area (Å²) in [5.74, 6) is -1.06. The van der Waals surface area contributed by atoms with Crippen LogP contribution in [0.2, 0.25) is 0 Å². The second kappa shape index (κ2) is 11.9. The van der Waals surface area contributed by atoms with Gasteiger partial charge in [-0.25, -0.2) is 9.59 Å². The molecule has 0 radical (unpaired) electrons. The number of aromatic hydroxyl groups is 1. The van der Waals surface area contributed by atoms with Crippen molar-refractivity contribution in [3.63, 3.8) is 0 Å². The van der Waals surface area contributed by atoms with E-state index in [1.807, 2.05) is 12.4 Å². The summed E-state index contributed by atoms with van der Waals surface area (Å²) >= 11 is 0. The first-order chi connectivity index (χ1) is 10.6. The van der Waals surface area contributed by atoms with Gasteiger partial charge in [-0.3, -0.25) is 0 Å². The van der Waals surface area contributed by atoms with Crippen LogP contribution in [-0.2, 0) is 29.1 Å². The molecule has 124 valence electrons. The number of para-hydroxylation sites is 1. The quantitative estimate of drug-likeness (QED) is 0.563. The van der Waals surface area contributed by atoms with Gasteiger partial charge in [-0.2, -0.15) is 0 Å². The Hall–Kier alpha value is -1.62. The molecule has 1 aromatic rings. The molecule has 0 saturated heterocycles. The number of nitrogens with one attached hydrogen (secondary N) is 1. The normalized spacial score (nSPS) is 11.0. The summed E-state index contributed by atoms with van der Waals surface area (Å²) in [6.45, 7) is 4.08. The van der Waals surface area contributed by atoms with Gasteiger partial charge in [0.2, 0.25) is 0 Å². The van der Waals surface area contributed by atoms with Crippen LogP contribution in [0.1, 0.15) is 56.3 Å². The maximum absolute atomic E-state index is 11.7. The van der Waals surface area contributed by atoms with Crippen LogP contribution in [0, 0.1) is 0 Å². The van der Waals surface area contributed by atoms with Crippen LogP contribution in [0.4, 0.5) is 4.79 Å². The number of hydrogen-bond acceptors (Lipinski definition) is 5. The van der Waals surface area contributed by atoms with E-state index in [9.17, 15) is 14.7 Å². The summed E-state index contributed by atoms with van der Waals surface area (Å²) in [6.07, 6.45) is 3.45. The minimum Gasteiger partial charge on any atom is -0.507 e. The van der Waals surface area contributed by atoms with Crippen LogP contribution in [0.3, 0.4) is 0 Å². The van der Waals surface area contributed by atoms with Gasteiger partial charge in [0.15, 0.2) is 0 Å². The standard InChI is InChI=1S/C16H23NO5.Zn/c1-3-5-9-12(8-4-2)21-16(20)17-22-15(19)13-10-6-7-11-14(13)18;/h6-7,10-12,18H,3-5,8-9H2,1-2H3,(H,17,20);. The number of phenols is 1. The van der Waals surface area contributed by atoms with Crippen molar-refractivity contribution in [2.45, 2.75) is 52.1 Å². The topological polar surface area (TPSA) is 84.9 Å². The van der Waals surface area contributed by atoms with Crippen LogP contribution in [0.25, 0.3) is 0 Å². The molecule has 0 spiro atoms. The first-order valence-electron chi connectivity index (χ1n) is 7.54. The Morgan fingerprint density at radius 1 is 1.17 bits per heavy atom. The zero-order valence-corrected chi connectivity index (χ0v) is 16.7. The molecule has 0 aromatic heterocycles. The molecule has 6 nitrogen and oxygen atoms in total. The van der Waals surface area contributed by atoms with Gasteiger partial charge in [-0.15, -0.1) is 5.48 Å². The minimum absolute atomic E-state index is 0. The van der Waals surface area contributed by atoms with Gasteiger partial charge in [0.05, 0.1) is 0 Å². The van der Waals surface area contributed by atoms with Crippen LogP contribution in [-0.4, -0.2) is 23.3 Å². The number of unbranched alkanes of at least 4 members (excludes halogenated alkanes) is 1. The van der Waals surface area contributed by atoms with Crippen molar-refractivity contribution in [1.82, 2.24) is 5.48 Å². The fourth-order valence-corrected chi connectivity index (χ4v) is 1.98. The molecule has 0 aliphatic rings. The summed E-state index contributed by atoms with van der Waals surface area (Å²) in [7, 11) is 0. The number of ether oxygens (including phenoxy) is 1. The van der Waals surface area contributed by atoms with E-state index >= 15 is 0 Å². The van der Waals surface area contributed by atoms with Crippen molar-refractivity contribution in [3.8, 4) is 5.75 Å². The molecular weight excluding hydrogens is 352 g/mol. The average Bonchev–Trinajstić information content (AvgIpc) is 2.51. The Bertz CT molecular complexity index is 495. The second-order valence-corrected chi connectivity index (χ2v) is 4.97. The Morgan fingerprint density at radius 2 is 1.87 bits per heavy atom. The molecular formula is C16H23NO5Zn. The van der Waals surface area contributed by atoms with Gasteiger partial charge in [0.25, 0.3) is 0 Å². The van der Waals surface area contributed by atoms with E-state index in [2.05, 4.69) is 11.8 Å². The molecule has 0 bridgehead atoms. The number of amides is 1. The molecule has 0 aliphatic heterocycles. The smallest absolute Gasteiger partial charge is 0.440 e. The zero-order valence-electron chi connectivity index (χ0n) is 13.7. The molecule has 0 aliphatic carbocycles. The molecule has 1 amide bonds. The van der Waals surface area contributed by atoms with Crippen LogP contribution in [0.15, 0.2) is 24.3 Å². The van der Waals surface area contributed by atoms with E-state index in [0.717, 1.165) is 32.1 Å². The average molecular weight is 375 g/mol. The van der Waals surface area contributed by atoms with E-state index in [1.54, 1.807) is 12.1 Å². The third kappa shape index (κ3) is 7.98. The van der Waals surface area contributed by atoms with Crippen molar-refractivity contribution in [3.05, 3.63) is 29.8 Å². The Kier molecular flexibility index (Phi) is 11.1. The molecule has 0 heterocycles. The maximum atomic E-state index is 11.7. The number of benzene rings is 1. The Morgan fingerprint density at radius 3 is 2.48 bits per heavy atom. The molecule has 1 atom stereocenters. The first-order valence-corrected chi connectivity index (χ1v) is 7.54. The van der Waals surface area contributed by atoms with Gasteiger partial charge in [0.1, 0.15) is 17.4 Å². The van der Waals surface area contributed by atoms with Gasteiger partial charge >= 0.3 is 12.1 Å². The second-order valence-electron chi connectivity index (χ2n) is 4.97. The fourth-order valence-electron chi connectivity index (χ4n) is 1.98. The first kappa shape index (κ1) is 21.4. The van der Waals surface area contributed by atoms with Crippen molar-refractivity contribution in [1.29, 1.82) is 0 Å². The third-order valence-corrected chi connectivity index (χ3v) is 3.12. The summed E-state index contributed by atoms with van der Waals surface area (Å²) in [6, 6.07) is 5.91. The monoisotopic (exact) mass is 373 g/mol. The summed E-state index contributed by atoms with van der Waals surface area (Å²) in [5, 5.41) is 9.51. The van der Waals surface area contributed by atoms with E-state index in [1.165, 1.54) is 12.1 Å². The Balaban J connectivity index is 0.00000484. The number of hydroxylamine groups is 1. The van der Waals surface area contributed by atoms with Gasteiger partial charge in [-0.05, 0) is 25.0 Å². The molecule has 0 saturated carbocycles. The van der Waals surface area contributed by atoms with E-state index < -0.39 is 12.1 Å². The summed E-state index contributed by atoms with van der Waals surface area (Å²) in [4.78, 5) is 28.0. The predicted molar refractivity (Wildman–Crippen MR) is 81.4 cm³/mol. The van der Waals surface area contributed by atoms with E-state index in [0.29, 0.717) is 0 Å². The van der Waals surface area contributed by atoms with Gasteiger partial charge in [-0.1, -0.05) is 45.2 Å². The number of phenolic OH excluding ortho intramolecular Hbond substituents is 1. The molecule has 1 unspecified atom stereocenters. The minimum atomic E-state index is -0.851. The Labute approximate surface area is 149 Å². The number of carbonyl (C=O) groups excluding carboxylic acids is 2. The predicted octanol–water partition coefficient (Wildman–Crippen LogP) is 3.55. The number of rotatable bonds is 7. The summed E-state index contributed by atoms with van der Waals surface area (Å²) < 4.78 is 5.22. The maximum Gasteiger partial charge on any atom is 0.440 e. The molecule has 2 N–H and O–H groups in total. The SMILES string of the molecule is CCCCC(CCC)OC(=O)NOC(=O)c1ccccc1O.[Zn]. The van der Waals surface area contributed by atoms with Crippen molar-refractivity contribution in [2.75, 3.05) is 0 Å². The largest absolute Gasteiger partial charge is 0.507 e. The van der Waals surface area contributed by atoms with Gasteiger partial charge < -0.3 is 14.7 Å². The van der Waals surface area contributed by atoms with E-state index in [4.69, 9.17) is 4.74 Å². The fraction of sp³-hybridized carbons (Fsp3) is 0.500. The van der Waals surface area contributed by atoms with Crippen LogP contribution >= 0.6 is 0 Å². The summed E-state index contributed by atoms with van der Waals surface area (Å²) in [5.41, 5.74) is 1.92. The number of carbonyl (C=O) groups is 2. The zero-order chi connectivity index (χ0) is 16.4. The molecule has 1 rings (SSSR count). The number of hydrogen-bond donors (Lipinski definition) is 2. The van der Waals surface area contributed by atoms with E-state index in [-0.39, 0.29) is 36.9 Å². The molecule has 7 heteroatoms. The molecule has 23 heavy (non-hydrogen) atoms. The van der Waals surface area contributed by atoms with Crippen LogP contribution in [0.5, 0.6) is 5.75 Å². The van der Waals surface area contributed by atoms with Crippen molar-refractivity contribution >= 4 is 12.1 Å². The van der Waals surface area contributed by atoms with Crippen molar-refractivity contribution in [2.24, 2.45) is 0 Å². The van der Waals surface area contributed by atoms with Crippen LogP contribution < -0.4 is 5.48 Å². The molecule has 1 aromatic carbocycles. The third-order valence-electron chi connectivity index (χ3n) is 3.12.